The number of hydrogen-bond acceptors (Lipinski definition) is 9. The minimum atomic E-state index is -0.329. The highest BCUT2D eigenvalue weighted by Gasteiger charge is 2.35. The second kappa shape index (κ2) is 13.8. The number of fused-ring (bicyclic) bond motifs is 2. The highest BCUT2D eigenvalue weighted by atomic mass is 35.5. The molecule has 0 aliphatic carbocycles. The topological polar surface area (TPSA) is 102 Å². The van der Waals surface area contributed by atoms with Crippen molar-refractivity contribution in [3.63, 3.8) is 0 Å². The van der Waals surface area contributed by atoms with Crippen LogP contribution in [0, 0.1) is 11.3 Å². The number of aromatic nitrogens is 3. The fourth-order valence-corrected chi connectivity index (χ4v) is 7.53. The molecule has 4 aromatic rings. The minimum absolute atomic E-state index is 0.179. The molecule has 0 saturated carbocycles. The number of hydrogen-bond donors (Lipinski definition) is 0. The molecule has 1 amide bonds. The van der Waals surface area contributed by atoms with Crippen molar-refractivity contribution in [3.8, 4) is 12.1 Å². The van der Waals surface area contributed by atoms with E-state index in [-0.39, 0.29) is 18.4 Å². The molecule has 10 nitrogen and oxygen atoms in total. The molecule has 3 aliphatic rings. The normalized spacial score (nSPS) is 19.6. The third-order valence-corrected chi connectivity index (χ3v) is 10.2. The zero-order valence-corrected chi connectivity index (χ0v) is 27.9. The van der Waals surface area contributed by atoms with Crippen LogP contribution < -0.4 is 14.5 Å². The van der Waals surface area contributed by atoms with E-state index in [1.165, 1.54) is 0 Å². The number of halogens is 1. The first kappa shape index (κ1) is 31.9. The number of piperazine rings is 1. The average Bonchev–Trinajstić information content (AvgIpc) is 3.54. The molecule has 0 N–H and O–H groups in total. The van der Waals surface area contributed by atoms with Crippen LogP contribution in [0.1, 0.15) is 36.1 Å². The quantitative estimate of drug-likeness (QED) is 0.231. The Morgan fingerprint density at radius 3 is 2.69 bits per heavy atom. The van der Waals surface area contributed by atoms with Crippen molar-refractivity contribution >= 4 is 45.4 Å². The van der Waals surface area contributed by atoms with Crippen molar-refractivity contribution in [2.24, 2.45) is 0 Å². The number of carbonyl (C=O) groups is 1. The number of likely N-dealkylation sites (N-methyl/N-ethyl adjacent to an activating group) is 1. The highest BCUT2D eigenvalue weighted by molar-refractivity contribution is 6.36. The van der Waals surface area contributed by atoms with Gasteiger partial charge in [-0.05, 0) is 56.4 Å². The molecule has 2 saturated heterocycles. The summed E-state index contributed by atoms with van der Waals surface area (Å²) in [7, 11) is 2.13. The third-order valence-electron chi connectivity index (χ3n) is 9.91. The van der Waals surface area contributed by atoms with Crippen molar-refractivity contribution in [3.05, 3.63) is 89.3 Å². The van der Waals surface area contributed by atoms with Gasteiger partial charge in [-0.25, -0.2) is 0 Å². The molecule has 0 spiro atoms. The SMILES string of the molecule is C=C(C(=O)N1CCN(c2nc(OC[C@@H]3CCCN3C)nc3c2CCN(c2cccc4cccc(Cl)c24)C3)C[C@@H]1CC#N)c1cccnc1. The van der Waals surface area contributed by atoms with Crippen LogP contribution in [0.15, 0.2) is 67.5 Å². The fraction of sp³-hybridized carbons (Fsp3) is 0.378. The molecule has 2 atom stereocenters. The van der Waals surface area contributed by atoms with E-state index in [9.17, 15) is 10.1 Å². The predicted octanol–water partition coefficient (Wildman–Crippen LogP) is 5.36. The molecular weight excluding hydrogens is 624 g/mol. The monoisotopic (exact) mass is 662 g/mol. The molecule has 48 heavy (non-hydrogen) atoms. The van der Waals surface area contributed by atoms with Crippen molar-refractivity contribution in [2.75, 3.05) is 56.2 Å². The van der Waals surface area contributed by atoms with Crippen molar-refractivity contribution in [1.29, 1.82) is 5.26 Å². The molecule has 2 fully saturated rings. The van der Waals surface area contributed by atoms with Gasteiger partial charge in [-0.2, -0.15) is 15.2 Å². The minimum Gasteiger partial charge on any atom is -0.462 e. The lowest BCUT2D eigenvalue weighted by Crippen LogP contribution is -2.56. The first-order valence-corrected chi connectivity index (χ1v) is 17.0. The van der Waals surface area contributed by atoms with Gasteiger partial charge in [0.05, 0.1) is 35.8 Å². The molecular formula is C37H39ClN8O2. The molecule has 0 unspecified atom stereocenters. The van der Waals surface area contributed by atoms with Crippen molar-refractivity contribution in [1.82, 2.24) is 24.8 Å². The van der Waals surface area contributed by atoms with Crippen LogP contribution in [0.3, 0.4) is 0 Å². The van der Waals surface area contributed by atoms with Crippen LogP contribution in [-0.4, -0.2) is 89.1 Å². The zero-order chi connectivity index (χ0) is 33.2. The molecule has 0 radical (unpaired) electrons. The highest BCUT2D eigenvalue weighted by Crippen LogP contribution is 2.37. The van der Waals surface area contributed by atoms with Crippen LogP contribution in [0.4, 0.5) is 11.5 Å². The van der Waals surface area contributed by atoms with Gasteiger partial charge in [-0.15, -0.1) is 0 Å². The number of nitriles is 1. The molecule has 246 valence electrons. The summed E-state index contributed by atoms with van der Waals surface area (Å²) in [6.45, 7) is 8.47. The summed E-state index contributed by atoms with van der Waals surface area (Å²) in [5, 5.41) is 12.7. The number of benzene rings is 2. The summed E-state index contributed by atoms with van der Waals surface area (Å²) >= 11 is 6.73. The molecule has 11 heteroatoms. The summed E-state index contributed by atoms with van der Waals surface area (Å²) in [5.74, 6) is 0.646. The summed E-state index contributed by atoms with van der Waals surface area (Å²) in [5.41, 5.74) is 4.13. The summed E-state index contributed by atoms with van der Waals surface area (Å²) in [6, 6.07) is 18.6. The zero-order valence-electron chi connectivity index (χ0n) is 27.2. The van der Waals surface area contributed by atoms with E-state index < -0.39 is 0 Å². The van der Waals surface area contributed by atoms with E-state index in [0.717, 1.165) is 70.9 Å². The Hall–Kier alpha value is -4.72. The predicted molar refractivity (Wildman–Crippen MR) is 188 cm³/mol. The number of carbonyl (C=O) groups excluding carboxylic acids is 1. The molecule has 2 aromatic carbocycles. The van der Waals surface area contributed by atoms with Crippen molar-refractivity contribution < 1.29 is 9.53 Å². The first-order valence-electron chi connectivity index (χ1n) is 16.6. The van der Waals surface area contributed by atoms with Gasteiger partial charge in [0.15, 0.2) is 0 Å². The third kappa shape index (κ3) is 6.28. The van der Waals surface area contributed by atoms with Gasteiger partial charge in [0.2, 0.25) is 0 Å². The molecule has 0 bridgehead atoms. The maximum atomic E-state index is 13.6. The van der Waals surface area contributed by atoms with Gasteiger partial charge in [0.25, 0.3) is 5.91 Å². The van der Waals surface area contributed by atoms with E-state index in [0.29, 0.717) is 56.0 Å². The van der Waals surface area contributed by atoms with E-state index in [1.54, 1.807) is 23.4 Å². The number of nitrogens with zero attached hydrogens (tertiary/aromatic N) is 8. The molecule has 2 aromatic heterocycles. The average molecular weight is 663 g/mol. The van der Waals surface area contributed by atoms with Crippen LogP contribution in [0.5, 0.6) is 6.01 Å². The van der Waals surface area contributed by atoms with Crippen LogP contribution in [-0.2, 0) is 17.8 Å². The summed E-state index contributed by atoms with van der Waals surface area (Å²) in [6.07, 6.45) is 6.48. The molecule has 5 heterocycles. The number of amides is 1. The molecule has 3 aliphatic heterocycles. The Morgan fingerprint density at radius 1 is 1.06 bits per heavy atom. The smallest absolute Gasteiger partial charge is 0.318 e. The number of anilines is 2. The Labute approximate surface area is 286 Å². The van der Waals surface area contributed by atoms with E-state index in [2.05, 4.69) is 63.6 Å². The Balaban J connectivity index is 1.19. The first-order chi connectivity index (χ1) is 23.4. The van der Waals surface area contributed by atoms with Gasteiger partial charge >= 0.3 is 6.01 Å². The number of pyridine rings is 1. The second-order valence-electron chi connectivity index (χ2n) is 12.8. The lowest BCUT2D eigenvalue weighted by atomic mass is 10.0. The Kier molecular flexibility index (Phi) is 9.15. The van der Waals surface area contributed by atoms with Gasteiger partial charge in [-0.3, -0.25) is 9.78 Å². The maximum absolute atomic E-state index is 13.6. The molecule has 7 rings (SSSR count). The largest absolute Gasteiger partial charge is 0.462 e. The lowest BCUT2D eigenvalue weighted by Gasteiger charge is -2.42. The Morgan fingerprint density at radius 2 is 1.92 bits per heavy atom. The van der Waals surface area contributed by atoms with Crippen LogP contribution in [0.25, 0.3) is 16.3 Å². The van der Waals surface area contributed by atoms with Crippen LogP contribution in [0.2, 0.25) is 5.02 Å². The number of likely N-dealkylation sites (tertiary alicyclic amines) is 1. The maximum Gasteiger partial charge on any atom is 0.318 e. The van der Waals surface area contributed by atoms with Gasteiger partial charge in [0.1, 0.15) is 12.4 Å². The summed E-state index contributed by atoms with van der Waals surface area (Å²) < 4.78 is 6.34. The fourth-order valence-electron chi connectivity index (χ4n) is 7.25. The Bertz CT molecular complexity index is 1870. The van der Waals surface area contributed by atoms with Crippen molar-refractivity contribution in [2.45, 2.75) is 44.3 Å². The van der Waals surface area contributed by atoms with Crippen LogP contribution >= 0.6 is 11.6 Å². The summed E-state index contributed by atoms with van der Waals surface area (Å²) in [4.78, 5) is 36.5. The van der Waals surface area contributed by atoms with E-state index >= 15 is 0 Å². The van der Waals surface area contributed by atoms with Gasteiger partial charge < -0.3 is 24.3 Å². The van der Waals surface area contributed by atoms with Gasteiger partial charge in [0, 0.05) is 72.4 Å². The number of rotatable bonds is 8. The van der Waals surface area contributed by atoms with E-state index in [4.69, 9.17) is 26.3 Å². The second-order valence-corrected chi connectivity index (χ2v) is 13.2. The standard InChI is InChI=1S/C37H39ClN8O2/c1-25(27-9-5-16-40-21-27)36(47)46-20-19-45(22-28(46)13-15-39)35-30-14-18-44(33-12-4-8-26-7-3-11-31(38)34(26)33)23-32(30)41-37(42-35)48-24-29-10-6-17-43(29)2/h3-5,7-9,11-12,16,21,28-29H,1,6,10,13-14,17-20,22-24H2,2H3/t28-,29-/m0/s1. The number of ether oxygens (including phenoxy) is 1. The van der Waals surface area contributed by atoms with E-state index in [1.807, 2.05) is 18.2 Å². The lowest BCUT2D eigenvalue weighted by molar-refractivity contribution is -0.127. The van der Waals surface area contributed by atoms with Gasteiger partial charge in [-0.1, -0.05) is 48.5 Å².